The van der Waals surface area contributed by atoms with Gasteiger partial charge in [0.2, 0.25) is 5.91 Å². The summed E-state index contributed by atoms with van der Waals surface area (Å²) < 4.78 is 5.28. The SMILES string of the molecule is NCCc1ccc(NC(=O)CCN2CCOCC2)cc1. The molecule has 3 N–H and O–H groups in total. The highest BCUT2D eigenvalue weighted by Gasteiger charge is 2.11. The highest BCUT2D eigenvalue weighted by molar-refractivity contribution is 5.90. The summed E-state index contributed by atoms with van der Waals surface area (Å²) in [5.41, 5.74) is 7.54. The third kappa shape index (κ3) is 4.92. The van der Waals surface area contributed by atoms with Gasteiger partial charge in [0.05, 0.1) is 13.2 Å². The molecule has 0 bridgehead atoms. The van der Waals surface area contributed by atoms with Gasteiger partial charge in [-0.1, -0.05) is 12.1 Å². The van der Waals surface area contributed by atoms with Crippen LogP contribution in [0.15, 0.2) is 24.3 Å². The summed E-state index contributed by atoms with van der Waals surface area (Å²) in [6, 6.07) is 7.87. The number of nitrogens with zero attached hydrogens (tertiary/aromatic N) is 1. The Hall–Kier alpha value is -1.43. The van der Waals surface area contributed by atoms with Gasteiger partial charge in [-0.05, 0) is 30.7 Å². The molecule has 1 aliphatic heterocycles. The van der Waals surface area contributed by atoms with Crippen LogP contribution in [0.4, 0.5) is 5.69 Å². The molecule has 5 heteroatoms. The van der Waals surface area contributed by atoms with E-state index >= 15 is 0 Å². The van der Waals surface area contributed by atoms with Gasteiger partial charge in [-0.25, -0.2) is 0 Å². The Balaban J connectivity index is 1.73. The van der Waals surface area contributed by atoms with Crippen molar-refractivity contribution < 1.29 is 9.53 Å². The normalized spacial score (nSPS) is 16.1. The van der Waals surface area contributed by atoms with E-state index in [9.17, 15) is 4.79 Å². The fraction of sp³-hybridized carbons (Fsp3) is 0.533. The second kappa shape index (κ2) is 7.99. The van der Waals surface area contributed by atoms with E-state index in [1.165, 1.54) is 5.56 Å². The largest absolute Gasteiger partial charge is 0.379 e. The minimum absolute atomic E-state index is 0.0584. The maximum atomic E-state index is 11.9. The number of anilines is 1. The van der Waals surface area contributed by atoms with Gasteiger partial charge >= 0.3 is 0 Å². The maximum Gasteiger partial charge on any atom is 0.225 e. The molecule has 1 aromatic rings. The van der Waals surface area contributed by atoms with Crippen LogP contribution in [0.5, 0.6) is 0 Å². The fourth-order valence-corrected chi connectivity index (χ4v) is 2.23. The molecule has 0 atom stereocenters. The second-order valence-electron chi connectivity index (χ2n) is 4.99. The van der Waals surface area contributed by atoms with Crippen LogP contribution in [0.3, 0.4) is 0 Å². The third-order valence-corrected chi connectivity index (χ3v) is 3.43. The molecular formula is C15H23N3O2. The quantitative estimate of drug-likeness (QED) is 0.809. The molecule has 0 unspecified atom stereocenters. The van der Waals surface area contributed by atoms with E-state index in [0.29, 0.717) is 13.0 Å². The van der Waals surface area contributed by atoms with E-state index < -0.39 is 0 Å². The molecule has 0 aliphatic carbocycles. The molecule has 0 radical (unpaired) electrons. The van der Waals surface area contributed by atoms with Crippen molar-refractivity contribution in [3.8, 4) is 0 Å². The summed E-state index contributed by atoms with van der Waals surface area (Å²) in [5.74, 6) is 0.0584. The lowest BCUT2D eigenvalue weighted by Gasteiger charge is -2.26. The van der Waals surface area contributed by atoms with Gasteiger partial charge in [-0.2, -0.15) is 0 Å². The minimum Gasteiger partial charge on any atom is -0.379 e. The summed E-state index contributed by atoms with van der Waals surface area (Å²) >= 11 is 0. The van der Waals surface area contributed by atoms with Gasteiger partial charge in [0.25, 0.3) is 0 Å². The summed E-state index contributed by atoms with van der Waals surface area (Å²) in [6.45, 7) is 4.81. The van der Waals surface area contributed by atoms with Crippen molar-refractivity contribution >= 4 is 11.6 Å². The number of rotatable bonds is 6. The first-order valence-electron chi connectivity index (χ1n) is 7.17. The highest BCUT2D eigenvalue weighted by atomic mass is 16.5. The molecule has 1 fully saturated rings. The molecule has 1 heterocycles. The Bertz CT molecular complexity index is 414. The van der Waals surface area contributed by atoms with Crippen LogP contribution in [0.2, 0.25) is 0 Å². The van der Waals surface area contributed by atoms with E-state index in [0.717, 1.165) is 45.0 Å². The van der Waals surface area contributed by atoms with Crippen molar-refractivity contribution in [2.24, 2.45) is 5.73 Å². The lowest BCUT2D eigenvalue weighted by atomic mass is 10.1. The van der Waals surface area contributed by atoms with Crippen molar-refractivity contribution in [3.63, 3.8) is 0 Å². The topological polar surface area (TPSA) is 67.6 Å². The molecule has 1 amide bonds. The first-order valence-corrected chi connectivity index (χ1v) is 7.17. The number of hydrogen-bond acceptors (Lipinski definition) is 4. The summed E-state index contributed by atoms with van der Waals surface area (Å²) in [7, 11) is 0. The molecule has 110 valence electrons. The molecule has 5 nitrogen and oxygen atoms in total. The lowest BCUT2D eigenvalue weighted by molar-refractivity contribution is -0.116. The predicted octanol–water partition coefficient (Wildman–Crippen LogP) is 0.849. The standard InChI is InChI=1S/C15H23N3O2/c16-7-5-13-1-3-14(4-2-13)17-15(19)6-8-18-9-11-20-12-10-18/h1-4H,5-12,16H2,(H,17,19). The Morgan fingerprint density at radius 1 is 1.25 bits per heavy atom. The molecule has 1 aromatic carbocycles. The molecular weight excluding hydrogens is 254 g/mol. The van der Waals surface area contributed by atoms with Crippen molar-refractivity contribution in [1.82, 2.24) is 4.90 Å². The highest BCUT2D eigenvalue weighted by Crippen LogP contribution is 2.10. The number of carbonyl (C=O) groups is 1. The number of nitrogens with two attached hydrogens (primary N) is 1. The Morgan fingerprint density at radius 3 is 2.60 bits per heavy atom. The minimum atomic E-state index is 0.0584. The van der Waals surface area contributed by atoms with E-state index in [4.69, 9.17) is 10.5 Å². The van der Waals surface area contributed by atoms with Crippen LogP contribution >= 0.6 is 0 Å². The van der Waals surface area contributed by atoms with Crippen molar-refractivity contribution in [3.05, 3.63) is 29.8 Å². The average Bonchev–Trinajstić information content (AvgIpc) is 2.49. The zero-order chi connectivity index (χ0) is 14.2. The van der Waals surface area contributed by atoms with Crippen LogP contribution < -0.4 is 11.1 Å². The van der Waals surface area contributed by atoms with Crippen LogP contribution in [0.1, 0.15) is 12.0 Å². The number of amides is 1. The zero-order valence-corrected chi connectivity index (χ0v) is 11.8. The van der Waals surface area contributed by atoms with Gasteiger partial charge < -0.3 is 15.8 Å². The van der Waals surface area contributed by atoms with Crippen molar-refractivity contribution in [2.75, 3.05) is 44.7 Å². The second-order valence-corrected chi connectivity index (χ2v) is 4.99. The molecule has 0 spiro atoms. The van der Waals surface area contributed by atoms with E-state index in [2.05, 4.69) is 10.2 Å². The number of morpholine rings is 1. The van der Waals surface area contributed by atoms with Crippen molar-refractivity contribution in [1.29, 1.82) is 0 Å². The molecule has 2 rings (SSSR count). The molecule has 20 heavy (non-hydrogen) atoms. The molecule has 1 saturated heterocycles. The van der Waals surface area contributed by atoms with Gasteiger partial charge in [-0.15, -0.1) is 0 Å². The fourth-order valence-electron chi connectivity index (χ4n) is 2.23. The van der Waals surface area contributed by atoms with Gasteiger partial charge in [0.15, 0.2) is 0 Å². The first kappa shape index (κ1) is 15.0. The molecule has 1 aliphatic rings. The van der Waals surface area contributed by atoms with Gasteiger partial charge in [0.1, 0.15) is 0 Å². The summed E-state index contributed by atoms with van der Waals surface area (Å²) in [4.78, 5) is 14.1. The smallest absolute Gasteiger partial charge is 0.225 e. The Morgan fingerprint density at radius 2 is 1.95 bits per heavy atom. The number of hydrogen-bond donors (Lipinski definition) is 2. The maximum absolute atomic E-state index is 11.9. The number of carbonyl (C=O) groups excluding carboxylic acids is 1. The monoisotopic (exact) mass is 277 g/mol. The van der Waals surface area contributed by atoms with Gasteiger partial charge in [0, 0.05) is 31.7 Å². The summed E-state index contributed by atoms with van der Waals surface area (Å²) in [5, 5.41) is 2.92. The Labute approximate surface area is 120 Å². The number of benzene rings is 1. The van der Waals surface area contributed by atoms with E-state index in [-0.39, 0.29) is 5.91 Å². The van der Waals surface area contributed by atoms with Crippen LogP contribution in [-0.2, 0) is 16.0 Å². The molecule has 0 aromatic heterocycles. The van der Waals surface area contributed by atoms with Crippen LogP contribution in [0, 0.1) is 0 Å². The first-order chi connectivity index (χ1) is 9.78. The van der Waals surface area contributed by atoms with Crippen LogP contribution in [0.25, 0.3) is 0 Å². The Kier molecular flexibility index (Phi) is 5.98. The molecule has 0 saturated carbocycles. The zero-order valence-electron chi connectivity index (χ0n) is 11.8. The van der Waals surface area contributed by atoms with Gasteiger partial charge in [-0.3, -0.25) is 9.69 Å². The summed E-state index contributed by atoms with van der Waals surface area (Å²) in [6.07, 6.45) is 1.38. The third-order valence-electron chi connectivity index (χ3n) is 3.43. The van der Waals surface area contributed by atoms with E-state index in [1.807, 2.05) is 24.3 Å². The predicted molar refractivity (Wildman–Crippen MR) is 79.7 cm³/mol. The van der Waals surface area contributed by atoms with Crippen LogP contribution in [-0.4, -0.2) is 50.2 Å². The number of nitrogens with one attached hydrogen (secondary N) is 1. The van der Waals surface area contributed by atoms with E-state index in [1.54, 1.807) is 0 Å². The van der Waals surface area contributed by atoms with Crippen molar-refractivity contribution in [2.45, 2.75) is 12.8 Å². The number of ether oxygens (including phenoxy) is 1. The average molecular weight is 277 g/mol. The lowest BCUT2D eigenvalue weighted by Crippen LogP contribution is -2.38.